The third-order valence-corrected chi connectivity index (χ3v) is 3.85. The number of hydrogen-bond acceptors (Lipinski definition) is 2. The van der Waals surface area contributed by atoms with Gasteiger partial charge in [-0.1, -0.05) is 57.2 Å². The number of amides is 1. The van der Waals surface area contributed by atoms with Crippen molar-refractivity contribution in [3.05, 3.63) is 53.8 Å². The van der Waals surface area contributed by atoms with Gasteiger partial charge in [0, 0.05) is 23.1 Å². The van der Waals surface area contributed by atoms with Gasteiger partial charge in [-0.2, -0.15) is 0 Å². The van der Waals surface area contributed by atoms with E-state index >= 15 is 0 Å². The second-order valence-corrected chi connectivity index (χ2v) is 6.68. The molecule has 0 saturated heterocycles. The Balaban J connectivity index is 2.13. The van der Waals surface area contributed by atoms with Crippen LogP contribution >= 0.6 is 0 Å². The van der Waals surface area contributed by atoms with E-state index < -0.39 is 0 Å². The Kier molecular flexibility index (Phi) is 3.65. The van der Waals surface area contributed by atoms with Crippen molar-refractivity contribution in [1.82, 2.24) is 5.32 Å². The topological polar surface area (TPSA) is 42.2 Å². The van der Waals surface area contributed by atoms with E-state index in [-0.39, 0.29) is 11.3 Å². The van der Waals surface area contributed by atoms with Crippen molar-refractivity contribution in [2.75, 3.05) is 6.54 Å². The fraction of sp³-hybridized carbons (Fsp3) is 0.316. The second-order valence-electron chi connectivity index (χ2n) is 6.68. The van der Waals surface area contributed by atoms with Crippen molar-refractivity contribution >= 4 is 11.5 Å². The van der Waals surface area contributed by atoms with Crippen LogP contribution in [-0.4, -0.2) is 12.5 Å². The first-order valence-electron chi connectivity index (χ1n) is 7.61. The van der Waals surface area contributed by atoms with Crippen LogP contribution in [0.15, 0.2) is 46.9 Å². The van der Waals surface area contributed by atoms with Crippen molar-refractivity contribution in [1.29, 1.82) is 0 Å². The normalized spacial score (nSPS) is 15.4. The molecule has 1 amide bonds. The quantitative estimate of drug-likeness (QED) is 0.904. The molecular formula is C19H21NO2. The van der Waals surface area contributed by atoms with E-state index in [2.05, 4.69) is 38.2 Å². The number of nitrogens with one attached hydrogen (secondary N) is 1. The van der Waals surface area contributed by atoms with Gasteiger partial charge >= 0.3 is 0 Å². The van der Waals surface area contributed by atoms with Crippen molar-refractivity contribution in [2.45, 2.75) is 32.6 Å². The minimum atomic E-state index is -0.0702. The lowest BCUT2D eigenvalue weighted by molar-refractivity contribution is -0.120. The van der Waals surface area contributed by atoms with Gasteiger partial charge in [-0.05, 0) is 11.6 Å². The number of carbonyl (C=O) groups is 1. The highest BCUT2D eigenvalue weighted by atomic mass is 16.3. The summed E-state index contributed by atoms with van der Waals surface area (Å²) in [7, 11) is 0. The monoisotopic (exact) mass is 295 g/mol. The van der Waals surface area contributed by atoms with Crippen molar-refractivity contribution < 1.29 is 9.21 Å². The van der Waals surface area contributed by atoms with E-state index in [1.165, 1.54) is 0 Å². The molecule has 0 bridgehead atoms. The van der Waals surface area contributed by atoms with Crippen LogP contribution in [0.3, 0.4) is 0 Å². The SMILES string of the molecule is CC(C)(C)c1cc(C2=CCNC(=O)C2)c(-c2ccccc2)o1. The predicted octanol–water partition coefficient (Wildman–Crippen LogP) is 4.15. The maximum atomic E-state index is 11.7. The Morgan fingerprint density at radius 3 is 2.50 bits per heavy atom. The van der Waals surface area contributed by atoms with Gasteiger partial charge in [0.1, 0.15) is 11.5 Å². The molecule has 2 heterocycles. The van der Waals surface area contributed by atoms with Gasteiger partial charge in [0.2, 0.25) is 5.91 Å². The van der Waals surface area contributed by atoms with E-state index in [9.17, 15) is 4.79 Å². The first-order valence-corrected chi connectivity index (χ1v) is 7.61. The Bertz CT molecular complexity index is 718. The summed E-state index contributed by atoms with van der Waals surface area (Å²) in [5.74, 6) is 1.86. The molecule has 0 spiro atoms. The third kappa shape index (κ3) is 2.84. The molecule has 1 aliphatic heterocycles. The molecule has 0 unspecified atom stereocenters. The van der Waals surface area contributed by atoms with E-state index in [1.54, 1.807) is 0 Å². The van der Waals surface area contributed by atoms with Gasteiger partial charge in [-0.25, -0.2) is 0 Å². The Morgan fingerprint density at radius 2 is 1.86 bits per heavy atom. The lowest BCUT2D eigenvalue weighted by Crippen LogP contribution is -2.27. The zero-order valence-electron chi connectivity index (χ0n) is 13.3. The smallest absolute Gasteiger partial charge is 0.224 e. The summed E-state index contributed by atoms with van der Waals surface area (Å²) >= 11 is 0. The van der Waals surface area contributed by atoms with Crippen LogP contribution in [0.4, 0.5) is 0 Å². The number of furan rings is 1. The highest BCUT2D eigenvalue weighted by Crippen LogP contribution is 2.38. The summed E-state index contributed by atoms with van der Waals surface area (Å²) in [5.41, 5.74) is 3.05. The van der Waals surface area contributed by atoms with Crippen LogP contribution in [0, 0.1) is 0 Å². The van der Waals surface area contributed by atoms with Gasteiger partial charge in [-0.15, -0.1) is 0 Å². The van der Waals surface area contributed by atoms with Gasteiger partial charge in [0.05, 0.1) is 6.42 Å². The van der Waals surface area contributed by atoms with Gasteiger partial charge in [0.25, 0.3) is 0 Å². The van der Waals surface area contributed by atoms with Gasteiger partial charge in [0.15, 0.2) is 0 Å². The predicted molar refractivity (Wildman–Crippen MR) is 88.4 cm³/mol. The van der Waals surface area contributed by atoms with E-state index in [0.29, 0.717) is 13.0 Å². The standard InChI is InChI=1S/C19H21NO2/c1-19(2,3)16-12-15(14-9-10-20-17(21)11-14)18(22-16)13-7-5-4-6-8-13/h4-9,12H,10-11H2,1-3H3,(H,20,21). The summed E-state index contributed by atoms with van der Waals surface area (Å²) in [6.07, 6.45) is 2.48. The van der Waals surface area contributed by atoms with Crippen LogP contribution in [0.1, 0.15) is 38.5 Å². The van der Waals surface area contributed by atoms with E-state index in [4.69, 9.17) is 4.42 Å². The maximum absolute atomic E-state index is 11.7. The Labute approximate surface area is 131 Å². The minimum absolute atomic E-state index is 0.0648. The van der Waals surface area contributed by atoms with E-state index in [0.717, 1.165) is 28.2 Å². The van der Waals surface area contributed by atoms with Gasteiger partial charge in [-0.3, -0.25) is 4.79 Å². The lowest BCUT2D eigenvalue weighted by atomic mass is 9.91. The molecule has 22 heavy (non-hydrogen) atoms. The van der Waals surface area contributed by atoms with Crippen molar-refractivity contribution in [3.63, 3.8) is 0 Å². The molecule has 0 aliphatic carbocycles. The number of carbonyl (C=O) groups excluding carboxylic acids is 1. The summed E-state index contributed by atoms with van der Waals surface area (Å²) in [4.78, 5) is 11.7. The molecule has 114 valence electrons. The fourth-order valence-corrected chi connectivity index (χ4v) is 2.60. The molecule has 0 atom stereocenters. The molecule has 0 fully saturated rings. The largest absolute Gasteiger partial charge is 0.460 e. The molecular weight excluding hydrogens is 274 g/mol. The van der Waals surface area contributed by atoms with E-state index in [1.807, 2.05) is 30.3 Å². The molecule has 3 nitrogen and oxygen atoms in total. The maximum Gasteiger partial charge on any atom is 0.224 e. The van der Waals surface area contributed by atoms with Crippen molar-refractivity contribution in [2.24, 2.45) is 0 Å². The number of benzene rings is 1. The molecule has 0 saturated carbocycles. The molecule has 0 radical (unpaired) electrons. The van der Waals surface area contributed by atoms with Crippen LogP contribution < -0.4 is 5.32 Å². The van der Waals surface area contributed by atoms with Crippen LogP contribution in [0.25, 0.3) is 16.9 Å². The molecule has 3 heteroatoms. The first kappa shape index (κ1) is 14.6. The third-order valence-electron chi connectivity index (χ3n) is 3.85. The Hall–Kier alpha value is -2.29. The minimum Gasteiger partial charge on any atom is -0.460 e. The molecule has 3 rings (SSSR count). The summed E-state index contributed by atoms with van der Waals surface area (Å²) in [5, 5.41) is 2.83. The van der Waals surface area contributed by atoms with Crippen LogP contribution in [-0.2, 0) is 10.2 Å². The lowest BCUT2D eigenvalue weighted by Gasteiger charge is -2.14. The number of hydrogen-bond donors (Lipinski definition) is 1. The molecule has 1 aromatic heterocycles. The highest BCUT2D eigenvalue weighted by Gasteiger charge is 2.25. The molecule has 1 aliphatic rings. The first-order chi connectivity index (χ1) is 10.4. The summed E-state index contributed by atoms with van der Waals surface area (Å²) in [6.45, 7) is 6.98. The molecule has 1 aromatic carbocycles. The zero-order chi connectivity index (χ0) is 15.7. The molecule has 2 aromatic rings. The summed E-state index contributed by atoms with van der Waals surface area (Å²) in [6, 6.07) is 12.2. The summed E-state index contributed by atoms with van der Waals surface area (Å²) < 4.78 is 6.18. The zero-order valence-corrected chi connectivity index (χ0v) is 13.3. The average Bonchev–Trinajstić information content (AvgIpc) is 2.93. The highest BCUT2D eigenvalue weighted by molar-refractivity contribution is 5.93. The van der Waals surface area contributed by atoms with Crippen LogP contribution in [0.2, 0.25) is 0 Å². The Morgan fingerprint density at radius 1 is 1.14 bits per heavy atom. The second kappa shape index (κ2) is 5.48. The van der Waals surface area contributed by atoms with Crippen molar-refractivity contribution in [3.8, 4) is 11.3 Å². The fourth-order valence-electron chi connectivity index (χ4n) is 2.60. The van der Waals surface area contributed by atoms with Crippen LogP contribution in [0.5, 0.6) is 0 Å². The van der Waals surface area contributed by atoms with Gasteiger partial charge < -0.3 is 9.73 Å². The molecule has 1 N–H and O–H groups in total. The average molecular weight is 295 g/mol. The number of rotatable bonds is 2.